The van der Waals surface area contributed by atoms with Crippen LogP contribution in [-0.2, 0) is 4.79 Å². The Morgan fingerprint density at radius 2 is 2.14 bits per heavy atom. The molecule has 7 nitrogen and oxygen atoms in total. The molecule has 0 saturated carbocycles. The summed E-state index contributed by atoms with van der Waals surface area (Å²) >= 11 is 0. The number of aliphatic hydroxyl groups is 1. The van der Waals surface area contributed by atoms with Gasteiger partial charge >= 0.3 is 0 Å². The molecule has 1 aliphatic heterocycles. The first kappa shape index (κ1) is 15.5. The third-order valence-corrected chi connectivity index (χ3v) is 3.61. The van der Waals surface area contributed by atoms with Crippen LogP contribution in [0.1, 0.15) is 13.3 Å². The number of aliphatic hydroxyl groups excluding tert-OH is 1. The lowest BCUT2D eigenvalue weighted by Gasteiger charge is -2.33. The zero-order chi connectivity index (χ0) is 15.2. The van der Waals surface area contributed by atoms with E-state index in [0.29, 0.717) is 19.6 Å². The summed E-state index contributed by atoms with van der Waals surface area (Å²) in [6.45, 7) is 5.38. The van der Waals surface area contributed by atoms with E-state index in [4.69, 9.17) is 5.11 Å². The summed E-state index contributed by atoms with van der Waals surface area (Å²) in [6.07, 6.45) is 2.50. The van der Waals surface area contributed by atoms with Crippen molar-refractivity contribution < 1.29 is 9.90 Å². The molecule has 0 aromatic carbocycles. The first-order chi connectivity index (χ1) is 10.2. The summed E-state index contributed by atoms with van der Waals surface area (Å²) in [4.78, 5) is 26.1. The van der Waals surface area contributed by atoms with E-state index in [1.54, 1.807) is 4.90 Å². The molecule has 1 N–H and O–H groups in total. The Labute approximate surface area is 125 Å². The number of nitrogens with zero attached hydrogens (tertiary/aromatic N) is 5. The molecule has 0 aliphatic carbocycles. The van der Waals surface area contributed by atoms with Crippen LogP contribution in [0.25, 0.3) is 0 Å². The third-order valence-electron chi connectivity index (χ3n) is 3.61. The SMILES string of the molecule is CCCN(CCO)c1cc(N2CCN(C)C(=O)C2)ncn1. The number of likely N-dealkylation sites (N-methyl/N-ethyl adjacent to an activating group) is 1. The van der Waals surface area contributed by atoms with Crippen LogP contribution in [0.2, 0.25) is 0 Å². The van der Waals surface area contributed by atoms with Crippen molar-refractivity contribution in [3.63, 3.8) is 0 Å². The quantitative estimate of drug-likeness (QED) is 0.794. The van der Waals surface area contributed by atoms with Crippen LogP contribution in [0.4, 0.5) is 11.6 Å². The van der Waals surface area contributed by atoms with Gasteiger partial charge in [-0.05, 0) is 6.42 Å². The molecule has 0 unspecified atom stereocenters. The molecular weight excluding hydrogens is 270 g/mol. The van der Waals surface area contributed by atoms with Crippen LogP contribution < -0.4 is 9.80 Å². The van der Waals surface area contributed by atoms with Crippen LogP contribution in [-0.4, -0.2) is 72.3 Å². The van der Waals surface area contributed by atoms with Crippen molar-refractivity contribution in [2.75, 3.05) is 56.2 Å². The molecule has 0 atom stereocenters. The highest BCUT2D eigenvalue weighted by Gasteiger charge is 2.22. The number of hydrogen-bond acceptors (Lipinski definition) is 6. The van der Waals surface area contributed by atoms with Gasteiger partial charge < -0.3 is 19.8 Å². The van der Waals surface area contributed by atoms with Gasteiger partial charge in [0.1, 0.15) is 18.0 Å². The van der Waals surface area contributed by atoms with Gasteiger partial charge in [0.25, 0.3) is 0 Å². The smallest absolute Gasteiger partial charge is 0.241 e. The van der Waals surface area contributed by atoms with Gasteiger partial charge in [0.05, 0.1) is 13.2 Å². The van der Waals surface area contributed by atoms with Gasteiger partial charge in [-0.3, -0.25) is 4.79 Å². The fraction of sp³-hybridized carbons (Fsp3) is 0.643. The summed E-state index contributed by atoms with van der Waals surface area (Å²) in [5.41, 5.74) is 0. The minimum absolute atomic E-state index is 0.0896. The number of rotatable bonds is 6. The van der Waals surface area contributed by atoms with Crippen molar-refractivity contribution in [3.05, 3.63) is 12.4 Å². The second kappa shape index (κ2) is 7.21. The Hall–Kier alpha value is -1.89. The van der Waals surface area contributed by atoms with E-state index < -0.39 is 0 Å². The highest BCUT2D eigenvalue weighted by Crippen LogP contribution is 2.19. The lowest BCUT2D eigenvalue weighted by molar-refractivity contribution is -0.129. The normalized spacial score (nSPS) is 15.5. The Balaban J connectivity index is 2.14. The van der Waals surface area contributed by atoms with Gasteiger partial charge in [0, 0.05) is 39.3 Å². The monoisotopic (exact) mass is 293 g/mol. The first-order valence-electron chi connectivity index (χ1n) is 7.32. The summed E-state index contributed by atoms with van der Waals surface area (Å²) in [6, 6.07) is 1.89. The molecule has 2 heterocycles. The molecule has 7 heteroatoms. The largest absolute Gasteiger partial charge is 0.395 e. The van der Waals surface area contributed by atoms with Crippen LogP contribution >= 0.6 is 0 Å². The van der Waals surface area contributed by atoms with Crippen molar-refractivity contribution in [2.45, 2.75) is 13.3 Å². The Bertz CT molecular complexity index is 476. The number of piperazine rings is 1. The molecule has 1 aliphatic rings. The van der Waals surface area contributed by atoms with Crippen LogP contribution in [0.15, 0.2) is 12.4 Å². The van der Waals surface area contributed by atoms with Crippen molar-refractivity contribution in [2.24, 2.45) is 0 Å². The van der Waals surface area contributed by atoms with E-state index in [0.717, 1.165) is 31.1 Å². The Morgan fingerprint density at radius 1 is 1.33 bits per heavy atom. The lowest BCUT2D eigenvalue weighted by atomic mass is 10.3. The Kier molecular flexibility index (Phi) is 5.32. The predicted octanol–water partition coefficient (Wildman–Crippen LogP) is -0.0363. The molecule has 1 aromatic heterocycles. The minimum atomic E-state index is 0.0896. The van der Waals surface area contributed by atoms with Gasteiger partial charge in [0.2, 0.25) is 5.91 Å². The first-order valence-corrected chi connectivity index (χ1v) is 7.32. The van der Waals surface area contributed by atoms with Crippen LogP contribution in [0, 0.1) is 0 Å². The van der Waals surface area contributed by atoms with Gasteiger partial charge in [-0.25, -0.2) is 9.97 Å². The average Bonchev–Trinajstić information content (AvgIpc) is 2.50. The standard InChI is InChI=1S/C14H23N5O2/c1-3-4-18(7-8-20)12-9-13(16-11-15-12)19-6-5-17(2)14(21)10-19/h9,11,20H,3-8,10H2,1-2H3. The Morgan fingerprint density at radius 3 is 2.81 bits per heavy atom. The second-order valence-corrected chi connectivity index (χ2v) is 5.18. The van der Waals surface area contributed by atoms with E-state index in [1.165, 1.54) is 6.33 Å². The zero-order valence-electron chi connectivity index (χ0n) is 12.7. The molecule has 1 amide bonds. The molecule has 1 saturated heterocycles. The second-order valence-electron chi connectivity index (χ2n) is 5.18. The van der Waals surface area contributed by atoms with E-state index >= 15 is 0 Å². The van der Waals surface area contributed by atoms with Gasteiger partial charge in [-0.1, -0.05) is 6.92 Å². The van der Waals surface area contributed by atoms with E-state index in [1.807, 2.05) is 22.9 Å². The van der Waals surface area contributed by atoms with Crippen LogP contribution in [0.3, 0.4) is 0 Å². The lowest BCUT2D eigenvalue weighted by Crippen LogP contribution is -2.48. The molecule has 21 heavy (non-hydrogen) atoms. The van der Waals surface area contributed by atoms with Gasteiger partial charge in [0.15, 0.2) is 0 Å². The van der Waals surface area contributed by atoms with Crippen molar-refractivity contribution in [1.29, 1.82) is 0 Å². The molecule has 0 bridgehead atoms. The number of hydrogen-bond donors (Lipinski definition) is 1. The third kappa shape index (κ3) is 3.81. The van der Waals surface area contributed by atoms with Crippen molar-refractivity contribution in [1.82, 2.24) is 14.9 Å². The van der Waals surface area contributed by atoms with Crippen molar-refractivity contribution in [3.8, 4) is 0 Å². The maximum atomic E-state index is 11.8. The van der Waals surface area contributed by atoms with Gasteiger partial charge in [-0.15, -0.1) is 0 Å². The number of amides is 1. The summed E-state index contributed by atoms with van der Waals surface area (Å²) in [5, 5.41) is 9.16. The molecule has 0 radical (unpaired) electrons. The molecule has 1 fully saturated rings. The number of anilines is 2. The van der Waals surface area contributed by atoms with Gasteiger partial charge in [-0.2, -0.15) is 0 Å². The topological polar surface area (TPSA) is 72.8 Å². The minimum Gasteiger partial charge on any atom is -0.395 e. The predicted molar refractivity (Wildman–Crippen MR) is 81.5 cm³/mol. The van der Waals surface area contributed by atoms with Crippen LogP contribution in [0.5, 0.6) is 0 Å². The number of carbonyl (C=O) groups is 1. The zero-order valence-corrected chi connectivity index (χ0v) is 12.7. The summed E-state index contributed by atoms with van der Waals surface area (Å²) in [7, 11) is 1.81. The molecule has 1 aromatic rings. The average molecular weight is 293 g/mol. The highest BCUT2D eigenvalue weighted by molar-refractivity contribution is 5.82. The number of aromatic nitrogens is 2. The van der Waals surface area contributed by atoms with E-state index in [-0.39, 0.29) is 12.5 Å². The number of carbonyl (C=O) groups excluding carboxylic acids is 1. The molecule has 116 valence electrons. The molecular formula is C14H23N5O2. The maximum Gasteiger partial charge on any atom is 0.241 e. The fourth-order valence-corrected chi connectivity index (χ4v) is 2.37. The maximum absolute atomic E-state index is 11.8. The molecule has 0 spiro atoms. The highest BCUT2D eigenvalue weighted by atomic mass is 16.3. The summed E-state index contributed by atoms with van der Waals surface area (Å²) in [5.74, 6) is 1.66. The van der Waals surface area contributed by atoms with E-state index in [9.17, 15) is 4.79 Å². The summed E-state index contributed by atoms with van der Waals surface area (Å²) < 4.78 is 0. The van der Waals surface area contributed by atoms with Crippen molar-refractivity contribution >= 4 is 17.5 Å². The fourth-order valence-electron chi connectivity index (χ4n) is 2.37. The van der Waals surface area contributed by atoms with E-state index in [2.05, 4.69) is 16.9 Å². The molecule has 2 rings (SSSR count).